The molecule has 4 heteroatoms. The zero-order valence-electron chi connectivity index (χ0n) is 11.3. The van der Waals surface area contributed by atoms with Crippen LogP contribution in [0, 0.1) is 5.92 Å². The second-order valence-electron chi connectivity index (χ2n) is 5.19. The van der Waals surface area contributed by atoms with Crippen molar-refractivity contribution in [3.63, 3.8) is 0 Å². The van der Waals surface area contributed by atoms with E-state index in [1.807, 2.05) is 0 Å². The van der Waals surface area contributed by atoms with Crippen LogP contribution in [0.5, 0.6) is 0 Å². The van der Waals surface area contributed by atoms with E-state index in [9.17, 15) is 4.79 Å². The summed E-state index contributed by atoms with van der Waals surface area (Å²) in [6, 6.07) is 0.791. The number of carbonyl (C=O) groups excluding carboxylic acids is 1. The van der Waals surface area contributed by atoms with Crippen LogP contribution in [-0.4, -0.2) is 43.2 Å². The molecule has 2 unspecified atom stereocenters. The molecule has 0 radical (unpaired) electrons. The SMILES string of the molecule is COC(=O)CN(C(C)C)C1CCCCC1CN. The van der Waals surface area contributed by atoms with Crippen LogP contribution in [0.2, 0.25) is 0 Å². The Balaban J connectivity index is 2.70. The van der Waals surface area contributed by atoms with E-state index in [1.54, 1.807) is 0 Å². The van der Waals surface area contributed by atoms with E-state index in [4.69, 9.17) is 10.5 Å². The number of methoxy groups -OCH3 is 1. The molecule has 100 valence electrons. The number of carbonyl (C=O) groups is 1. The van der Waals surface area contributed by atoms with E-state index in [-0.39, 0.29) is 5.97 Å². The molecule has 0 aliphatic heterocycles. The topological polar surface area (TPSA) is 55.6 Å². The molecule has 1 rings (SSSR count). The molecule has 1 aliphatic carbocycles. The second kappa shape index (κ2) is 6.97. The molecule has 0 aromatic rings. The molecule has 0 saturated heterocycles. The van der Waals surface area contributed by atoms with E-state index < -0.39 is 0 Å². The molecule has 4 nitrogen and oxygen atoms in total. The van der Waals surface area contributed by atoms with Crippen molar-refractivity contribution in [1.82, 2.24) is 4.90 Å². The fraction of sp³-hybridized carbons (Fsp3) is 0.923. The van der Waals surface area contributed by atoms with Crippen molar-refractivity contribution in [3.8, 4) is 0 Å². The molecule has 0 aromatic carbocycles. The van der Waals surface area contributed by atoms with Crippen LogP contribution in [-0.2, 0) is 9.53 Å². The Morgan fingerprint density at radius 2 is 2.06 bits per heavy atom. The minimum absolute atomic E-state index is 0.153. The molecule has 2 N–H and O–H groups in total. The van der Waals surface area contributed by atoms with Gasteiger partial charge in [-0.1, -0.05) is 12.8 Å². The van der Waals surface area contributed by atoms with Crippen molar-refractivity contribution in [2.45, 2.75) is 51.6 Å². The third-order valence-corrected chi connectivity index (χ3v) is 3.80. The van der Waals surface area contributed by atoms with Gasteiger partial charge in [-0.15, -0.1) is 0 Å². The Morgan fingerprint density at radius 3 is 2.59 bits per heavy atom. The van der Waals surface area contributed by atoms with E-state index in [1.165, 1.54) is 26.4 Å². The first-order valence-corrected chi connectivity index (χ1v) is 6.62. The molecular weight excluding hydrogens is 216 g/mol. The van der Waals surface area contributed by atoms with Crippen LogP contribution < -0.4 is 5.73 Å². The highest BCUT2D eigenvalue weighted by Gasteiger charge is 2.31. The third-order valence-electron chi connectivity index (χ3n) is 3.80. The summed E-state index contributed by atoms with van der Waals surface area (Å²) < 4.78 is 4.78. The molecule has 2 atom stereocenters. The predicted octanol–water partition coefficient (Wildman–Crippen LogP) is 1.39. The molecular formula is C13H26N2O2. The molecule has 1 saturated carbocycles. The van der Waals surface area contributed by atoms with Crippen molar-refractivity contribution in [1.29, 1.82) is 0 Å². The first-order valence-electron chi connectivity index (χ1n) is 6.62. The summed E-state index contributed by atoms with van der Waals surface area (Å²) in [6.45, 7) is 5.36. The van der Waals surface area contributed by atoms with E-state index in [0.717, 1.165) is 13.0 Å². The van der Waals surface area contributed by atoms with Gasteiger partial charge < -0.3 is 10.5 Å². The molecule has 0 heterocycles. The Kier molecular flexibility index (Phi) is 5.92. The fourth-order valence-corrected chi connectivity index (χ4v) is 2.80. The van der Waals surface area contributed by atoms with E-state index in [0.29, 0.717) is 24.5 Å². The number of hydrogen-bond acceptors (Lipinski definition) is 4. The van der Waals surface area contributed by atoms with E-state index >= 15 is 0 Å². The summed E-state index contributed by atoms with van der Waals surface area (Å²) in [7, 11) is 1.45. The fourth-order valence-electron chi connectivity index (χ4n) is 2.80. The van der Waals surface area contributed by atoms with Gasteiger partial charge in [0.15, 0.2) is 0 Å². The highest BCUT2D eigenvalue weighted by atomic mass is 16.5. The van der Waals surface area contributed by atoms with Crippen molar-refractivity contribution in [3.05, 3.63) is 0 Å². The Bertz CT molecular complexity index is 244. The standard InChI is InChI=1S/C13H26N2O2/c1-10(2)15(9-13(16)17-3)12-7-5-4-6-11(12)8-14/h10-12H,4-9,14H2,1-3H3. The van der Waals surface area contributed by atoms with Gasteiger partial charge in [-0.25, -0.2) is 0 Å². The first kappa shape index (κ1) is 14.5. The molecule has 0 bridgehead atoms. The van der Waals surface area contributed by atoms with Gasteiger partial charge in [-0.3, -0.25) is 9.69 Å². The van der Waals surface area contributed by atoms with Crippen molar-refractivity contribution >= 4 is 5.97 Å². The van der Waals surface area contributed by atoms with Crippen LogP contribution in [0.15, 0.2) is 0 Å². The quantitative estimate of drug-likeness (QED) is 0.740. The van der Waals surface area contributed by atoms with Crippen molar-refractivity contribution < 1.29 is 9.53 Å². The van der Waals surface area contributed by atoms with Crippen molar-refractivity contribution in [2.75, 3.05) is 20.2 Å². The number of ether oxygens (including phenoxy) is 1. The number of esters is 1. The summed E-state index contributed by atoms with van der Waals surface area (Å²) in [5.41, 5.74) is 5.85. The lowest BCUT2D eigenvalue weighted by Crippen LogP contribution is -2.50. The second-order valence-corrected chi connectivity index (χ2v) is 5.19. The third kappa shape index (κ3) is 3.96. The van der Waals surface area contributed by atoms with Gasteiger partial charge in [0.25, 0.3) is 0 Å². The number of nitrogens with two attached hydrogens (primary N) is 1. The van der Waals surface area contributed by atoms with Crippen LogP contribution in [0.3, 0.4) is 0 Å². The van der Waals surface area contributed by atoms with Crippen LogP contribution in [0.4, 0.5) is 0 Å². The van der Waals surface area contributed by atoms with E-state index in [2.05, 4.69) is 18.7 Å². The largest absolute Gasteiger partial charge is 0.468 e. The smallest absolute Gasteiger partial charge is 0.319 e. The zero-order valence-corrected chi connectivity index (χ0v) is 11.3. The van der Waals surface area contributed by atoms with Crippen LogP contribution >= 0.6 is 0 Å². The molecule has 1 fully saturated rings. The summed E-state index contributed by atoms with van der Waals surface area (Å²) in [5.74, 6) is 0.371. The van der Waals surface area contributed by atoms with Gasteiger partial charge in [-0.05, 0) is 39.2 Å². The maximum atomic E-state index is 11.5. The minimum Gasteiger partial charge on any atom is -0.468 e. The highest BCUT2D eigenvalue weighted by Crippen LogP contribution is 2.29. The van der Waals surface area contributed by atoms with Gasteiger partial charge in [0.2, 0.25) is 0 Å². The van der Waals surface area contributed by atoms with Crippen LogP contribution in [0.1, 0.15) is 39.5 Å². The molecule has 1 aliphatic rings. The highest BCUT2D eigenvalue weighted by molar-refractivity contribution is 5.71. The normalized spacial score (nSPS) is 25.3. The minimum atomic E-state index is -0.153. The maximum absolute atomic E-state index is 11.5. The first-order chi connectivity index (χ1) is 8.10. The maximum Gasteiger partial charge on any atom is 0.319 e. The number of hydrogen-bond donors (Lipinski definition) is 1. The Labute approximate surface area is 104 Å². The van der Waals surface area contributed by atoms with Gasteiger partial charge in [0, 0.05) is 12.1 Å². The lowest BCUT2D eigenvalue weighted by Gasteiger charge is -2.41. The van der Waals surface area contributed by atoms with Crippen LogP contribution in [0.25, 0.3) is 0 Å². The summed E-state index contributed by atoms with van der Waals surface area (Å²) >= 11 is 0. The Hall–Kier alpha value is -0.610. The predicted molar refractivity (Wildman–Crippen MR) is 68.7 cm³/mol. The van der Waals surface area contributed by atoms with Gasteiger partial charge in [0.1, 0.15) is 0 Å². The van der Waals surface area contributed by atoms with Crippen molar-refractivity contribution in [2.24, 2.45) is 11.7 Å². The monoisotopic (exact) mass is 242 g/mol. The zero-order chi connectivity index (χ0) is 12.8. The average Bonchev–Trinajstić information content (AvgIpc) is 2.35. The van der Waals surface area contributed by atoms with Gasteiger partial charge >= 0.3 is 5.97 Å². The van der Waals surface area contributed by atoms with Gasteiger partial charge in [-0.2, -0.15) is 0 Å². The molecule has 0 aromatic heterocycles. The Morgan fingerprint density at radius 1 is 1.41 bits per heavy atom. The lowest BCUT2D eigenvalue weighted by molar-refractivity contribution is -0.143. The summed E-state index contributed by atoms with van der Waals surface area (Å²) in [6.07, 6.45) is 4.84. The van der Waals surface area contributed by atoms with Gasteiger partial charge in [0.05, 0.1) is 13.7 Å². The molecule has 0 amide bonds. The number of nitrogens with zero attached hydrogens (tertiary/aromatic N) is 1. The number of rotatable bonds is 5. The summed E-state index contributed by atoms with van der Waals surface area (Å²) in [5, 5.41) is 0. The molecule has 0 spiro atoms. The lowest BCUT2D eigenvalue weighted by atomic mass is 9.83. The molecule has 17 heavy (non-hydrogen) atoms. The summed E-state index contributed by atoms with van der Waals surface area (Å²) in [4.78, 5) is 13.7. The average molecular weight is 242 g/mol.